The highest BCUT2D eigenvalue weighted by molar-refractivity contribution is 7.89. The van der Waals surface area contributed by atoms with E-state index >= 15 is 0 Å². The highest BCUT2D eigenvalue weighted by atomic mass is 32.2. The van der Waals surface area contributed by atoms with E-state index in [-0.39, 0.29) is 22.9 Å². The molecule has 31 heavy (non-hydrogen) atoms. The summed E-state index contributed by atoms with van der Waals surface area (Å²) in [4.78, 5) is 24.5. The Kier molecular flexibility index (Phi) is 7.17. The van der Waals surface area contributed by atoms with Gasteiger partial charge in [-0.05, 0) is 29.3 Å². The Balaban J connectivity index is 1.61. The van der Waals surface area contributed by atoms with Crippen LogP contribution in [0.2, 0.25) is 0 Å². The first-order valence-corrected chi connectivity index (χ1v) is 11.1. The van der Waals surface area contributed by atoms with Gasteiger partial charge in [-0.3, -0.25) is 9.59 Å². The van der Waals surface area contributed by atoms with E-state index in [0.29, 0.717) is 0 Å². The molecule has 0 aromatic heterocycles. The Bertz CT molecular complexity index is 1110. The Labute approximate surface area is 180 Å². The Hall–Kier alpha value is -3.49. The van der Waals surface area contributed by atoms with Crippen LogP contribution in [0.5, 0.6) is 0 Å². The highest BCUT2D eigenvalue weighted by Gasteiger charge is 2.20. The number of ether oxygens (including phenoxy) is 1. The van der Waals surface area contributed by atoms with Crippen LogP contribution in [0, 0.1) is 0 Å². The molecule has 1 amide bonds. The molecule has 0 unspecified atom stereocenters. The summed E-state index contributed by atoms with van der Waals surface area (Å²) in [6.07, 6.45) is 0.0716. The van der Waals surface area contributed by atoms with Crippen molar-refractivity contribution in [3.05, 3.63) is 96.1 Å². The van der Waals surface area contributed by atoms with Crippen LogP contribution >= 0.6 is 0 Å². The maximum Gasteiger partial charge on any atom is 0.307 e. The molecule has 3 rings (SSSR count). The zero-order chi connectivity index (χ0) is 22.3. The van der Waals surface area contributed by atoms with Gasteiger partial charge in [0.2, 0.25) is 10.0 Å². The molecule has 160 valence electrons. The summed E-state index contributed by atoms with van der Waals surface area (Å²) in [6.45, 7) is -0.491. The monoisotopic (exact) mass is 438 g/mol. The summed E-state index contributed by atoms with van der Waals surface area (Å²) >= 11 is 0. The number of rotatable bonds is 8. The van der Waals surface area contributed by atoms with E-state index in [1.54, 1.807) is 0 Å². The van der Waals surface area contributed by atoms with Crippen molar-refractivity contribution in [2.45, 2.75) is 17.2 Å². The number of anilines is 1. The van der Waals surface area contributed by atoms with Crippen molar-refractivity contribution in [1.82, 2.24) is 0 Å². The second kappa shape index (κ2) is 10.0. The number of amides is 1. The third kappa shape index (κ3) is 6.50. The van der Waals surface area contributed by atoms with Gasteiger partial charge in [-0.1, -0.05) is 66.7 Å². The largest absolute Gasteiger partial charge is 0.456 e. The summed E-state index contributed by atoms with van der Waals surface area (Å²) in [5, 5.41) is 7.58. The number of esters is 1. The number of carbonyl (C=O) groups excluding carboxylic acids is 2. The second-order valence-corrected chi connectivity index (χ2v) is 8.42. The van der Waals surface area contributed by atoms with Gasteiger partial charge in [0, 0.05) is 11.6 Å². The maximum absolute atomic E-state index is 12.4. The standard InChI is InChI=1S/C23H22N2O5S/c24-31(28,29)20-13-7-12-19(14-20)25-22(26)16-30-23(27)15-21(17-8-3-1-4-9-17)18-10-5-2-6-11-18/h1-14,21H,15-16H2,(H,25,26)(H2,24,28,29). The normalized spacial score (nSPS) is 11.2. The first-order chi connectivity index (χ1) is 14.8. The smallest absolute Gasteiger partial charge is 0.307 e. The van der Waals surface area contributed by atoms with E-state index in [1.807, 2.05) is 60.7 Å². The van der Waals surface area contributed by atoms with Crippen LogP contribution in [0.25, 0.3) is 0 Å². The van der Waals surface area contributed by atoms with Gasteiger partial charge in [-0.25, -0.2) is 13.6 Å². The molecule has 0 saturated heterocycles. The molecule has 0 heterocycles. The predicted octanol–water partition coefficient (Wildman–Crippen LogP) is 3.04. The zero-order valence-corrected chi connectivity index (χ0v) is 17.4. The van der Waals surface area contributed by atoms with Crippen LogP contribution in [-0.4, -0.2) is 26.9 Å². The van der Waals surface area contributed by atoms with Crippen molar-refractivity contribution in [2.24, 2.45) is 5.14 Å². The summed E-state index contributed by atoms with van der Waals surface area (Å²) < 4.78 is 28.0. The molecule has 0 spiro atoms. The van der Waals surface area contributed by atoms with E-state index in [2.05, 4.69) is 5.32 Å². The summed E-state index contributed by atoms with van der Waals surface area (Å²) in [5.41, 5.74) is 2.17. The highest BCUT2D eigenvalue weighted by Crippen LogP contribution is 2.28. The number of sulfonamides is 1. The SMILES string of the molecule is NS(=O)(=O)c1cccc(NC(=O)COC(=O)CC(c2ccccc2)c2ccccc2)c1. The topological polar surface area (TPSA) is 116 Å². The number of nitrogens with one attached hydrogen (secondary N) is 1. The molecule has 0 fully saturated rings. The fourth-order valence-corrected chi connectivity index (χ4v) is 3.68. The molecule has 3 aromatic carbocycles. The zero-order valence-electron chi connectivity index (χ0n) is 16.6. The fraction of sp³-hybridized carbons (Fsp3) is 0.130. The number of nitrogens with two attached hydrogens (primary N) is 1. The molecule has 7 nitrogen and oxygen atoms in total. The molecule has 0 aliphatic carbocycles. The number of primary sulfonamides is 1. The number of benzene rings is 3. The molecule has 0 atom stereocenters. The predicted molar refractivity (Wildman–Crippen MR) is 117 cm³/mol. The Morgan fingerprint density at radius 1 is 0.871 bits per heavy atom. The van der Waals surface area contributed by atoms with Gasteiger partial charge in [-0.2, -0.15) is 0 Å². The van der Waals surface area contributed by atoms with Gasteiger partial charge in [0.1, 0.15) is 0 Å². The van der Waals surface area contributed by atoms with Crippen LogP contribution in [-0.2, 0) is 24.3 Å². The molecule has 0 saturated carbocycles. The van der Waals surface area contributed by atoms with E-state index in [4.69, 9.17) is 9.88 Å². The molecule has 0 aliphatic rings. The minimum atomic E-state index is -3.89. The van der Waals surface area contributed by atoms with Gasteiger partial charge in [0.15, 0.2) is 6.61 Å². The fourth-order valence-electron chi connectivity index (χ4n) is 3.12. The average Bonchev–Trinajstić information content (AvgIpc) is 2.77. The lowest BCUT2D eigenvalue weighted by Crippen LogP contribution is -2.22. The minimum Gasteiger partial charge on any atom is -0.456 e. The van der Waals surface area contributed by atoms with Gasteiger partial charge < -0.3 is 10.1 Å². The summed E-state index contributed by atoms with van der Waals surface area (Å²) in [6, 6.07) is 24.7. The molecular weight excluding hydrogens is 416 g/mol. The molecule has 3 N–H and O–H groups in total. The van der Waals surface area contributed by atoms with E-state index in [0.717, 1.165) is 11.1 Å². The van der Waals surface area contributed by atoms with Crippen LogP contribution in [0.4, 0.5) is 5.69 Å². The first-order valence-electron chi connectivity index (χ1n) is 9.51. The summed E-state index contributed by atoms with van der Waals surface area (Å²) in [7, 11) is -3.89. The van der Waals surface area contributed by atoms with Crippen LogP contribution in [0.15, 0.2) is 89.8 Å². The van der Waals surface area contributed by atoms with Gasteiger partial charge in [0.25, 0.3) is 5.91 Å². The second-order valence-electron chi connectivity index (χ2n) is 6.86. The van der Waals surface area contributed by atoms with Crippen LogP contribution < -0.4 is 10.5 Å². The Morgan fingerprint density at radius 3 is 2.00 bits per heavy atom. The van der Waals surface area contributed by atoms with Crippen molar-refractivity contribution in [1.29, 1.82) is 0 Å². The first kappa shape index (κ1) is 22.2. The molecule has 3 aromatic rings. The van der Waals surface area contributed by atoms with E-state index in [1.165, 1.54) is 24.3 Å². The van der Waals surface area contributed by atoms with Crippen molar-refractivity contribution >= 4 is 27.6 Å². The van der Waals surface area contributed by atoms with Crippen molar-refractivity contribution in [3.8, 4) is 0 Å². The molecule has 8 heteroatoms. The average molecular weight is 439 g/mol. The van der Waals surface area contributed by atoms with Gasteiger partial charge >= 0.3 is 5.97 Å². The van der Waals surface area contributed by atoms with Gasteiger partial charge in [0.05, 0.1) is 11.3 Å². The molecular formula is C23H22N2O5S. The van der Waals surface area contributed by atoms with Crippen molar-refractivity contribution < 1.29 is 22.7 Å². The van der Waals surface area contributed by atoms with Crippen molar-refractivity contribution in [2.75, 3.05) is 11.9 Å². The quantitative estimate of drug-likeness (QED) is 0.525. The van der Waals surface area contributed by atoms with Gasteiger partial charge in [-0.15, -0.1) is 0 Å². The van der Waals surface area contributed by atoms with E-state index < -0.39 is 28.5 Å². The van der Waals surface area contributed by atoms with Crippen LogP contribution in [0.3, 0.4) is 0 Å². The van der Waals surface area contributed by atoms with Crippen molar-refractivity contribution in [3.63, 3.8) is 0 Å². The molecule has 0 radical (unpaired) electrons. The van der Waals surface area contributed by atoms with Crippen LogP contribution in [0.1, 0.15) is 23.5 Å². The third-order valence-corrected chi connectivity index (χ3v) is 5.50. The summed E-state index contributed by atoms with van der Waals surface area (Å²) in [5.74, 6) is -1.31. The lowest BCUT2D eigenvalue weighted by molar-refractivity contribution is -0.147. The minimum absolute atomic E-state index is 0.0716. The molecule has 0 aliphatic heterocycles. The lowest BCUT2D eigenvalue weighted by atomic mass is 9.89. The number of hydrogen-bond donors (Lipinski definition) is 2. The van der Waals surface area contributed by atoms with E-state index in [9.17, 15) is 18.0 Å². The number of hydrogen-bond acceptors (Lipinski definition) is 5. The third-order valence-electron chi connectivity index (χ3n) is 4.59. The lowest BCUT2D eigenvalue weighted by Gasteiger charge is -2.17. The number of carbonyl (C=O) groups is 2. The Morgan fingerprint density at radius 2 is 1.45 bits per heavy atom. The maximum atomic E-state index is 12.4. The molecule has 0 bridgehead atoms.